The Morgan fingerprint density at radius 3 is 2.83 bits per heavy atom. The molecule has 1 atom stereocenters. The lowest BCUT2D eigenvalue weighted by Gasteiger charge is -2.14. The van der Waals surface area contributed by atoms with Gasteiger partial charge >= 0.3 is 0 Å². The van der Waals surface area contributed by atoms with Crippen molar-refractivity contribution in [3.8, 4) is 0 Å². The fourth-order valence-corrected chi connectivity index (χ4v) is 1.36. The van der Waals surface area contributed by atoms with Crippen LogP contribution in [0.5, 0.6) is 0 Å². The number of aliphatic hydroxyl groups is 1. The fourth-order valence-electron chi connectivity index (χ4n) is 1.36. The van der Waals surface area contributed by atoms with Crippen LogP contribution in [0.1, 0.15) is 0 Å². The highest BCUT2D eigenvalue weighted by Crippen LogP contribution is 2.22. The monoisotopic (exact) mass is 158 g/mol. The highest BCUT2D eigenvalue weighted by atomic mass is 16.3. The number of allylic oxidation sites excluding steroid dienone is 7. The fraction of sp³-hybridized carbons (Fsp3) is 0.0909. The molecule has 2 aliphatic carbocycles. The smallest absolute Gasteiger partial charge is 0.0980 e. The van der Waals surface area contributed by atoms with Crippen LogP contribution in [0.15, 0.2) is 59.8 Å². The summed E-state index contributed by atoms with van der Waals surface area (Å²) in [5.74, 6) is 0. The molecule has 0 aromatic heterocycles. The highest BCUT2D eigenvalue weighted by molar-refractivity contribution is 5.52. The summed E-state index contributed by atoms with van der Waals surface area (Å²) in [6.45, 7) is 0. The number of rotatable bonds is 0. The minimum Gasteiger partial charge on any atom is -0.384 e. The van der Waals surface area contributed by atoms with E-state index >= 15 is 0 Å². The van der Waals surface area contributed by atoms with Crippen LogP contribution in [0.2, 0.25) is 0 Å². The average Bonchev–Trinajstić information content (AvgIpc) is 2.30. The first-order valence-electron chi connectivity index (χ1n) is 4.00. The largest absolute Gasteiger partial charge is 0.384 e. The third kappa shape index (κ3) is 1.19. The molecule has 0 heterocycles. The molecule has 0 amide bonds. The first-order chi connectivity index (χ1) is 5.88. The summed E-state index contributed by atoms with van der Waals surface area (Å²) < 4.78 is 0. The Labute approximate surface area is 71.7 Å². The van der Waals surface area contributed by atoms with Gasteiger partial charge in [0.1, 0.15) is 0 Å². The van der Waals surface area contributed by atoms with Gasteiger partial charge in [0.05, 0.1) is 6.10 Å². The Bertz CT molecular complexity index is 327. The summed E-state index contributed by atoms with van der Waals surface area (Å²) in [6, 6.07) is 0. The normalized spacial score (nSPS) is 25.9. The molecule has 0 spiro atoms. The van der Waals surface area contributed by atoms with E-state index in [1.807, 2.05) is 42.5 Å². The molecule has 0 saturated carbocycles. The van der Waals surface area contributed by atoms with Gasteiger partial charge in [-0.15, -0.1) is 0 Å². The van der Waals surface area contributed by atoms with Crippen LogP contribution in [-0.4, -0.2) is 11.2 Å². The van der Waals surface area contributed by atoms with Crippen LogP contribution in [0.25, 0.3) is 0 Å². The molecule has 1 heteroatoms. The number of fused-ring (bicyclic) bond motifs is 1. The van der Waals surface area contributed by atoms with Crippen molar-refractivity contribution in [2.24, 2.45) is 0 Å². The zero-order chi connectivity index (χ0) is 8.39. The molecule has 0 radical (unpaired) electrons. The van der Waals surface area contributed by atoms with Gasteiger partial charge < -0.3 is 5.11 Å². The summed E-state index contributed by atoms with van der Waals surface area (Å²) >= 11 is 0. The Kier molecular flexibility index (Phi) is 1.80. The predicted octanol–water partition coefficient (Wildman–Crippen LogP) is 1.90. The van der Waals surface area contributed by atoms with Crippen LogP contribution in [0.4, 0.5) is 0 Å². The molecular formula is C11H10O. The van der Waals surface area contributed by atoms with Gasteiger partial charge in [0, 0.05) is 0 Å². The second kappa shape index (κ2) is 2.95. The molecule has 12 heavy (non-hydrogen) atoms. The van der Waals surface area contributed by atoms with Gasteiger partial charge in [-0.3, -0.25) is 0 Å². The Morgan fingerprint density at radius 2 is 1.92 bits per heavy atom. The number of hydrogen-bond donors (Lipinski definition) is 1. The van der Waals surface area contributed by atoms with Crippen molar-refractivity contribution in [3.05, 3.63) is 59.8 Å². The van der Waals surface area contributed by atoms with Gasteiger partial charge in [-0.25, -0.2) is 0 Å². The molecule has 60 valence electrons. The molecule has 2 rings (SSSR count). The molecule has 0 saturated heterocycles. The van der Waals surface area contributed by atoms with Gasteiger partial charge in [0.25, 0.3) is 0 Å². The molecule has 0 aromatic carbocycles. The van der Waals surface area contributed by atoms with Crippen LogP contribution < -0.4 is 0 Å². The SMILES string of the molecule is OC1C=CC=C2C=CC=CC=C21. The van der Waals surface area contributed by atoms with E-state index in [1.54, 1.807) is 6.08 Å². The summed E-state index contributed by atoms with van der Waals surface area (Å²) in [6.07, 6.45) is 15.0. The van der Waals surface area contributed by atoms with Crippen LogP contribution in [-0.2, 0) is 0 Å². The summed E-state index contributed by atoms with van der Waals surface area (Å²) in [7, 11) is 0. The molecule has 2 aliphatic rings. The lowest BCUT2D eigenvalue weighted by atomic mass is 9.96. The molecule has 0 aromatic rings. The number of hydrogen-bond acceptors (Lipinski definition) is 1. The van der Waals surface area contributed by atoms with Crippen molar-refractivity contribution in [3.63, 3.8) is 0 Å². The second-order valence-corrected chi connectivity index (χ2v) is 2.82. The zero-order valence-electron chi connectivity index (χ0n) is 6.64. The van der Waals surface area contributed by atoms with Gasteiger partial charge in [-0.2, -0.15) is 0 Å². The maximum absolute atomic E-state index is 9.57. The Morgan fingerprint density at radius 1 is 1.00 bits per heavy atom. The Balaban J connectivity index is 2.46. The minimum atomic E-state index is -0.447. The topological polar surface area (TPSA) is 20.2 Å². The van der Waals surface area contributed by atoms with E-state index in [2.05, 4.69) is 0 Å². The molecule has 1 N–H and O–H groups in total. The average molecular weight is 158 g/mol. The van der Waals surface area contributed by atoms with E-state index in [1.165, 1.54) is 0 Å². The highest BCUT2D eigenvalue weighted by Gasteiger charge is 2.12. The predicted molar refractivity (Wildman–Crippen MR) is 49.6 cm³/mol. The Hall–Kier alpha value is -1.34. The van der Waals surface area contributed by atoms with Crippen molar-refractivity contribution in [2.45, 2.75) is 6.10 Å². The first kappa shape index (κ1) is 7.32. The van der Waals surface area contributed by atoms with Crippen molar-refractivity contribution < 1.29 is 5.11 Å². The molecule has 1 nitrogen and oxygen atoms in total. The third-order valence-electron chi connectivity index (χ3n) is 1.99. The summed E-state index contributed by atoms with van der Waals surface area (Å²) in [5.41, 5.74) is 2.07. The van der Waals surface area contributed by atoms with Crippen molar-refractivity contribution in [1.29, 1.82) is 0 Å². The number of aliphatic hydroxyl groups excluding tert-OH is 1. The van der Waals surface area contributed by atoms with Crippen LogP contribution in [0.3, 0.4) is 0 Å². The molecular weight excluding hydrogens is 148 g/mol. The molecule has 0 bridgehead atoms. The summed E-state index contributed by atoms with van der Waals surface area (Å²) in [5, 5.41) is 9.57. The van der Waals surface area contributed by atoms with Crippen LogP contribution >= 0.6 is 0 Å². The van der Waals surface area contributed by atoms with E-state index in [4.69, 9.17) is 0 Å². The van der Waals surface area contributed by atoms with Crippen molar-refractivity contribution in [2.75, 3.05) is 0 Å². The first-order valence-corrected chi connectivity index (χ1v) is 4.00. The van der Waals surface area contributed by atoms with E-state index < -0.39 is 6.10 Å². The maximum atomic E-state index is 9.57. The minimum absolute atomic E-state index is 0.447. The molecule has 0 fully saturated rings. The van der Waals surface area contributed by atoms with E-state index in [0.717, 1.165) is 11.1 Å². The van der Waals surface area contributed by atoms with Crippen molar-refractivity contribution in [1.82, 2.24) is 0 Å². The van der Waals surface area contributed by atoms with Gasteiger partial charge in [-0.05, 0) is 11.1 Å². The summed E-state index contributed by atoms with van der Waals surface area (Å²) in [4.78, 5) is 0. The molecule has 0 aliphatic heterocycles. The van der Waals surface area contributed by atoms with E-state index in [-0.39, 0.29) is 0 Å². The van der Waals surface area contributed by atoms with E-state index in [0.29, 0.717) is 0 Å². The van der Waals surface area contributed by atoms with E-state index in [9.17, 15) is 5.11 Å². The lowest BCUT2D eigenvalue weighted by Crippen LogP contribution is -2.10. The lowest BCUT2D eigenvalue weighted by molar-refractivity contribution is 0.261. The molecule has 1 unspecified atom stereocenters. The van der Waals surface area contributed by atoms with Crippen LogP contribution in [0, 0.1) is 0 Å². The quantitative estimate of drug-likeness (QED) is 0.570. The van der Waals surface area contributed by atoms with Crippen molar-refractivity contribution >= 4 is 0 Å². The third-order valence-corrected chi connectivity index (χ3v) is 1.99. The van der Waals surface area contributed by atoms with Gasteiger partial charge in [0.2, 0.25) is 0 Å². The standard InChI is InChI=1S/C11H10O/c12-11-8-4-6-9-5-2-1-3-7-10(9)11/h1-8,11-12H. The van der Waals surface area contributed by atoms with Gasteiger partial charge in [0.15, 0.2) is 0 Å². The second-order valence-electron chi connectivity index (χ2n) is 2.82. The zero-order valence-corrected chi connectivity index (χ0v) is 6.64. The van der Waals surface area contributed by atoms with Gasteiger partial charge in [-0.1, -0.05) is 48.6 Å². The maximum Gasteiger partial charge on any atom is 0.0980 e.